The molecule has 0 amide bonds. The van der Waals surface area contributed by atoms with E-state index in [2.05, 4.69) is 10.2 Å². The van der Waals surface area contributed by atoms with Gasteiger partial charge in [-0.2, -0.15) is 4.31 Å². The molecule has 1 atom stereocenters. The van der Waals surface area contributed by atoms with Crippen molar-refractivity contribution in [3.63, 3.8) is 0 Å². The largest absolute Gasteiger partial charge is 0.317 e. The third-order valence-corrected chi connectivity index (χ3v) is 7.08. The normalized spacial score (nSPS) is 20.7. The van der Waals surface area contributed by atoms with E-state index < -0.39 is 10.0 Å². The Balaban J connectivity index is 1.99. The zero-order valence-electron chi connectivity index (χ0n) is 11.8. The van der Waals surface area contributed by atoms with Crippen LogP contribution in [0.3, 0.4) is 0 Å². The van der Waals surface area contributed by atoms with Gasteiger partial charge in [-0.3, -0.25) is 0 Å². The first kappa shape index (κ1) is 14.7. The van der Waals surface area contributed by atoms with Crippen molar-refractivity contribution in [1.29, 1.82) is 0 Å². The maximum Gasteiger partial charge on any atom is 0.253 e. The second-order valence-electron chi connectivity index (χ2n) is 5.03. The lowest BCUT2D eigenvalue weighted by molar-refractivity contribution is 0.241. The third kappa shape index (κ3) is 2.63. The zero-order chi connectivity index (χ0) is 14.9. The summed E-state index contributed by atoms with van der Waals surface area (Å²) in [7, 11) is -3.45. The van der Waals surface area contributed by atoms with Crippen LogP contribution in [0.4, 0.5) is 0 Å². The van der Waals surface area contributed by atoms with Gasteiger partial charge in [-0.25, -0.2) is 8.42 Å². The first-order valence-electron chi connectivity index (χ1n) is 7.07. The van der Waals surface area contributed by atoms with E-state index in [0.29, 0.717) is 10.8 Å². The molecule has 0 aromatic carbocycles. The maximum absolute atomic E-state index is 12.8. The number of nitrogens with zero attached hydrogens (tertiary/aromatic N) is 4. The van der Waals surface area contributed by atoms with Crippen LogP contribution in [0.1, 0.15) is 38.1 Å². The van der Waals surface area contributed by atoms with Crippen molar-refractivity contribution >= 4 is 21.4 Å². The number of piperidine rings is 1. The molecule has 21 heavy (non-hydrogen) atoms. The molecule has 2 aromatic rings. The van der Waals surface area contributed by atoms with Crippen molar-refractivity contribution in [2.24, 2.45) is 0 Å². The molecule has 1 fully saturated rings. The summed E-state index contributed by atoms with van der Waals surface area (Å²) < 4.78 is 29.6. The number of sulfonamides is 1. The predicted octanol–water partition coefficient (Wildman–Crippen LogP) is 2.28. The van der Waals surface area contributed by atoms with Crippen LogP contribution in [0.15, 0.2) is 28.0 Å². The van der Waals surface area contributed by atoms with Crippen LogP contribution in [-0.4, -0.2) is 34.0 Å². The fourth-order valence-corrected chi connectivity index (χ4v) is 5.52. The topological polar surface area (TPSA) is 68.1 Å². The molecule has 0 bridgehead atoms. The Labute approximate surface area is 128 Å². The van der Waals surface area contributed by atoms with Gasteiger partial charge in [0.1, 0.15) is 10.5 Å². The quantitative estimate of drug-likeness (QED) is 0.864. The molecule has 6 nitrogen and oxygen atoms in total. The van der Waals surface area contributed by atoms with Crippen molar-refractivity contribution < 1.29 is 8.42 Å². The number of aryl methyl sites for hydroxylation is 1. The van der Waals surface area contributed by atoms with Crippen LogP contribution in [0.5, 0.6) is 0 Å². The number of rotatable bonds is 4. The molecule has 8 heteroatoms. The fourth-order valence-electron chi connectivity index (χ4n) is 2.74. The van der Waals surface area contributed by atoms with E-state index in [1.807, 2.05) is 11.5 Å². The van der Waals surface area contributed by atoms with E-state index in [1.54, 1.807) is 28.1 Å². The Morgan fingerprint density at radius 1 is 1.43 bits per heavy atom. The molecule has 1 aliphatic heterocycles. The van der Waals surface area contributed by atoms with Crippen LogP contribution in [0, 0.1) is 0 Å². The summed E-state index contributed by atoms with van der Waals surface area (Å²) in [6, 6.07) is 3.22. The summed E-state index contributed by atoms with van der Waals surface area (Å²) >= 11 is 1.26. The number of aromatic nitrogens is 3. The average molecular weight is 326 g/mol. The fraction of sp³-hybridized carbons (Fsp3) is 0.538. The van der Waals surface area contributed by atoms with Gasteiger partial charge in [-0.15, -0.1) is 21.5 Å². The highest BCUT2D eigenvalue weighted by Gasteiger charge is 2.37. The molecule has 0 aliphatic carbocycles. The highest BCUT2D eigenvalue weighted by atomic mass is 32.2. The van der Waals surface area contributed by atoms with E-state index in [-0.39, 0.29) is 6.04 Å². The van der Waals surface area contributed by atoms with E-state index in [0.717, 1.165) is 31.6 Å². The Kier molecular flexibility index (Phi) is 4.10. The second-order valence-corrected chi connectivity index (χ2v) is 8.10. The van der Waals surface area contributed by atoms with Crippen LogP contribution in [-0.2, 0) is 16.6 Å². The Bertz CT molecular complexity index is 694. The second kappa shape index (κ2) is 5.86. The maximum atomic E-state index is 12.8. The Hall–Kier alpha value is -1.25. The van der Waals surface area contributed by atoms with Crippen molar-refractivity contribution in [1.82, 2.24) is 19.1 Å². The Morgan fingerprint density at radius 3 is 3.00 bits per heavy atom. The summed E-state index contributed by atoms with van der Waals surface area (Å²) in [5, 5.41) is 9.90. The summed E-state index contributed by atoms with van der Waals surface area (Å²) in [6.45, 7) is 3.29. The van der Waals surface area contributed by atoms with Gasteiger partial charge < -0.3 is 4.57 Å². The van der Waals surface area contributed by atoms with Gasteiger partial charge in [0, 0.05) is 13.1 Å². The lowest BCUT2D eigenvalue weighted by Crippen LogP contribution is -2.39. The standard InChI is InChI=1S/C13H18N4O2S2/c1-2-16-10-14-15-13(16)11-6-3-4-8-17(11)21(18,19)12-7-5-9-20-12/h5,7,9-11H,2-4,6,8H2,1H3/t11-/m0/s1. The molecule has 3 rings (SSSR count). The SMILES string of the molecule is CCn1cnnc1[C@@H]1CCCCN1S(=O)(=O)c1cccs1. The number of thiophene rings is 1. The van der Waals surface area contributed by atoms with Crippen LogP contribution >= 0.6 is 11.3 Å². The third-order valence-electron chi connectivity index (χ3n) is 3.80. The molecule has 1 aliphatic rings. The summed E-state index contributed by atoms with van der Waals surface area (Å²) in [5.74, 6) is 0.748. The molecule has 114 valence electrons. The van der Waals surface area contributed by atoms with Crippen LogP contribution in [0.2, 0.25) is 0 Å². The van der Waals surface area contributed by atoms with Gasteiger partial charge in [0.15, 0.2) is 5.82 Å². The Morgan fingerprint density at radius 2 is 2.29 bits per heavy atom. The lowest BCUT2D eigenvalue weighted by Gasteiger charge is -2.33. The zero-order valence-corrected chi connectivity index (χ0v) is 13.5. The summed E-state index contributed by atoms with van der Waals surface area (Å²) in [5.41, 5.74) is 0. The summed E-state index contributed by atoms with van der Waals surface area (Å²) in [4.78, 5) is 0. The van der Waals surface area contributed by atoms with Gasteiger partial charge in [0.2, 0.25) is 0 Å². The van der Waals surface area contributed by atoms with E-state index >= 15 is 0 Å². The minimum absolute atomic E-state index is 0.215. The van der Waals surface area contributed by atoms with Gasteiger partial charge >= 0.3 is 0 Å². The average Bonchev–Trinajstić information content (AvgIpc) is 3.18. The van der Waals surface area contributed by atoms with Crippen molar-refractivity contribution in [3.8, 4) is 0 Å². The molecular formula is C13H18N4O2S2. The molecular weight excluding hydrogens is 308 g/mol. The first-order chi connectivity index (χ1) is 10.1. The highest BCUT2D eigenvalue weighted by molar-refractivity contribution is 7.91. The highest BCUT2D eigenvalue weighted by Crippen LogP contribution is 2.35. The van der Waals surface area contributed by atoms with Crippen molar-refractivity contribution in [3.05, 3.63) is 29.7 Å². The van der Waals surface area contributed by atoms with Gasteiger partial charge in [0.25, 0.3) is 10.0 Å². The summed E-state index contributed by atoms with van der Waals surface area (Å²) in [6.07, 6.45) is 4.36. The predicted molar refractivity (Wildman–Crippen MR) is 80.5 cm³/mol. The van der Waals surface area contributed by atoms with E-state index in [4.69, 9.17) is 0 Å². The minimum atomic E-state index is -3.45. The molecule has 0 saturated carbocycles. The van der Waals surface area contributed by atoms with Gasteiger partial charge in [-0.1, -0.05) is 12.5 Å². The first-order valence-corrected chi connectivity index (χ1v) is 9.39. The van der Waals surface area contributed by atoms with E-state index in [1.165, 1.54) is 11.3 Å². The van der Waals surface area contributed by atoms with Gasteiger partial charge in [-0.05, 0) is 31.2 Å². The molecule has 0 radical (unpaired) electrons. The van der Waals surface area contributed by atoms with E-state index in [9.17, 15) is 8.42 Å². The lowest BCUT2D eigenvalue weighted by atomic mass is 10.0. The smallest absolute Gasteiger partial charge is 0.253 e. The number of hydrogen-bond acceptors (Lipinski definition) is 5. The van der Waals surface area contributed by atoms with Crippen molar-refractivity contribution in [2.75, 3.05) is 6.54 Å². The molecule has 1 saturated heterocycles. The monoisotopic (exact) mass is 326 g/mol. The number of hydrogen-bond donors (Lipinski definition) is 0. The molecule has 0 unspecified atom stereocenters. The molecule has 2 aromatic heterocycles. The molecule has 0 N–H and O–H groups in total. The van der Waals surface area contributed by atoms with Crippen LogP contribution < -0.4 is 0 Å². The van der Waals surface area contributed by atoms with Crippen LogP contribution in [0.25, 0.3) is 0 Å². The minimum Gasteiger partial charge on any atom is -0.317 e. The van der Waals surface area contributed by atoms with Gasteiger partial charge in [0.05, 0.1) is 6.04 Å². The van der Waals surface area contributed by atoms with Crippen molar-refractivity contribution in [2.45, 2.75) is 43.0 Å². The molecule has 3 heterocycles. The molecule has 0 spiro atoms.